The minimum Gasteiger partial charge on any atom is -0.466 e. The molecule has 1 amide bonds. The minimum absolute atomic E-state index is 0.0432. The molecule has 2 unspecified atom stereocenters. The van der Waals surface area contributed by atoms with E-state index in [0.717, 1.165) is 25.8 Å². The van der Waals surface area contributed by atoms with E-state index in [4.69, 9.17) is 4.74 Å². The number of esters is 1. The van der Waals surface area contributed by atoms with Crippen LogP contribution in [-0.2, 0) is 20.7 Å². The van der Waals surface area contributed by atoms with Crippen LogP contribution < -0.4 is 0 Å². The number of carbonyl (C=O) groups is 2. The van der Waals surface area contributed by atoms with Crippen molar-refractivity contribution in [3.05, 3.63) is 29.8 Å². The summed E-state index contributed by atoms with van der Waals surface area (Å²) in [6, 6.07) is 8.19. The first-order valence-electron chi connectivity index (χ1n) is 7.89. The second-order valence-corrected chi connectivity index (χ2v) is 7.04. The zero-order valence-electron chi connectivity index (χ0n) is 12.8. The number of ether oxygens (including phenoxy) is 1. The van der Waals surface area contributed by atoms with Crippen molar-refractivity contribution in [2.45, 2.75) is 36.3 Å². The van der Waals surface area contributed by atoms with Crippen molar-refractivity contribution in [2.75, 3.05) is 19.7 Å². The smallest absolute Gasteiger partial charge is 0.310 e. The molecule has 1 saturated heterocycles. The Morgan fingerprint density at radius 1 is 1.36 bits per heavy atom. The Balaban J connectivity index is 1.62. The van der Waals surface area contributed by atoms with Crippen LogP contribution in [0, 0.1) is 5.92 Å². The molecule has 2 aliphatic heterocycles. The van der Waals surface area contributed by atoms with E-state index in [0.29, 0.717) is 13.2 Å². The highest BCUT2D eigenvalue weighted by atomic mass is 32.2. The first-order valence-corrected chi connectivity index (χ1v) is 8.77. The molecule has 1 fully saturated rings. The maximum Gasteiger partial charge on any atom is 0.310 e. The predicted octanol–water partition coefficient (Wildman–Crippen LogP) is 2.51. The van der Waals surface area contributed by atoms with Gasteiger partial charge in [-0.1, -0.05) is 18.2 Å². The Kier molecular flexibility index (Phi) is 4.71. The molecule has 2 atom stereocenters. The largest absolute Gasteiger partial charge is 0.466 e. The Morgan fingerprint density at radius 2 is 2.18 bits per heavy atom. The second-order valence-electron chi connectivity index (χ2n) is 5.79. The molecular formula is C17H21NO3S. The van der Waals surface area contributed by atoms with Crippen LogP contribution in [0.2, 0.25) is 0 Å². The van der Waals surface area contributed by atoms with Crippen molar-refractivity contribution in [2.24, 2.45) is 5.92 Å². The van der Waals surface area contributed by atoms with Crippen LogP contribution in [0.3, 0.4) is 0 Å². The van der Waals surface area contributed by atoms with Gasteiger partial charge in [-0.15, -0.1) is 11.8 Å². The fourth-order valence-electron chi connectivity index (χ4n) is 3.15. The van der Waals surface area contributed by atoms with Gasteiger partial charge in [0.05, 0.1) is 17.8 Å². The van der Waals surface area contributed by atoms with Crippen molar-refractivity contribution in [1.29, 1.82) is 0 Å². The molecule has 0 radical (unpaired) electrons. The number of amides is 1. The Labute approximate surface area is 135 Å². The average Bonchev–Trinajstić information content (AvgIpc) is 2.98. The van der Waals surface area contributed by atoms with Crippen LogP contribution in [0.4, 0.5) is 0 Å². The van der Waals surface area contributed by atoms with Crippen molar-refractivity contribution in [3.63, 3.8) is 0 Å². The molecule has 1 aromatic carbocycles. The minimum atomic E-state index is -0.164. The third kappa shape index (κ3) is 3.14. The number of rotatable bonds is 3. The lowest BCUT2D eigenvalue weighted by atomic mass is 9.97. The maximum atomic E-state index is 12.7. The molecule has 4 nitrogen and oxygen atoms in total. The third-order valence-electron chi connectivity index (χ3n) is 4.28. The van der Waals surface area contributed by atoms with E-state index in [2.05, 4.69) is 12.1 Å². The van der Waals surface area contributed by atoms with Crippen molar-refractivity contribution in [1.82, 2.24) is 4.90 Å². The molecule has 0 bridgehead atoms. The third-order valence-corrected chi connectivity index (χ3v) is 5.58. The summed E-state index contributed by atoms with van der Waals surface area (Å²) in [7, 11) is 0. The van der Waals surface area contributed by atoms with Crippen LogP contribution in [-0.4, -0.2) is 41.7 Å². The normalized spacial score (nSPS) is 24.0. The van der Waals surface area contributed by atoms with Crippen LogP contribution >= 0.6 is 11.8 Å². The number of fused-ring (bicyclic) bond motifs is 1. The Morgan fingerprint density at radius 3 is 2.95 bits per heavy atom. The van der Waals surface area contributed by atoms with Gasteiger partial charge in [0, 0.05) is 18.0 Å². The molecule has 2 aliphatic rings. The maximum absolute atomic E-state index is 12.7. The van der Waals surface area contributed by atoms with Crippen LogP contribution in [0.25, 0.3) is 0 Å². The topological polar surface area (TPSA) is 46.6 Å². The first-order chi connectivity index (χ1) is 10.7. The fourth-order valence-corrected chi connectivity index (χ4v) is 4.43. The Hall–Kier alpha value is -1.49. The molecule has 0 N–H and O–H groups in total. The zero-order valence-corrected chi connectivity index (χ0v) is 13.6. The molecule has 118 valence electrons. The van der Waals surface area contributed by atoms with E-state index in [-0.39, 0.29) is 23.0 Å². The van der Waals surface area contributed by atoms with Crippen molar-refractivity contribution >= 4 is 23.6 Å². The summed E-state index contributed by atoms with van der Waals surface area (Å²) in [4.78, 5) is 27.7. The van der Waals surface area contributed by atoms with E-state index in [1.807, 2.05) is 24.0 Å². The SMILES string of the molecule is CCOC(=O)C1CCCN(C(=O)C2Cc3ccccc3S2)C1. The van der Waals surface area contributed by atoms with Gasteiger partial charge < -0.3 is 9.64 Å². The standard InChI is InChI=1S/C17H21NO3S/c1-2-21-17(20)13-7-5-9-18(11-13)16(19)15-10-12-6-3-4-8-14(12)22-15/h3-4,6,8,13,15H,2,5,7,9-11H2,1H3. The van der Waals surface area contributed by atoms with Crippen LogP contribution in [0.15, 0.2) is 29.2 Å². The molecule has 3 rings (SSSR count). The molecule has 2 heterocycles. The van der Waals surface area contributed by atoms with Crippen molar-refractivity contribution in [3.8, 4) is 0 Å². The summed E-state index contributed by atoms with van der Waals surface area (Å²) >= 11 is 1.65. The lowest BCUT2D eigenvalue weighted by Crippen LogP contribution is -2.46. The number of hydrogen-bond donors (Lipinski definition) is 0. The summed E-state index contributed by atoms with van der Waals surface area (Å²) in [5.41, 5.74) is 1.25. The summed E-state index contributed by atoms with van der Waals surface area (Å²) in [5.74, 6) is -0.163. The number of benzene rings is 1. The highest BCUT2D eigenvalue weighted by Crippen LogP contribution is 2.38. The molecular weight excluding hydrogens is 298 g/mol. The number of nitrogens with zero attached hydrogens (tertiary/aromatic N) is 1. The van der Waals surface area contributed by atoms with Crippen molar-refractivity contribution < 1.29 is 14.3 Å². The molecule has 5 heteroatoms. The van der Waals surface area contributed by atoms with Gasteiger partial charge in [0.2, 0.25) is 5.91 Å². The lowest BCUT2D eigenvalue weighted by Gasteiger charge is -2.33. The van der Waals surface area contributed by atoms with Gasteiger partial charge in [0.25, 0.3) is 0 Å². The predicted molar refractivity (Wildman–Crippen MR) is 85.7 cm³/mol. The van der Waals surface area contributed by atoms with E-state index in [1.165, 1.54) is 10.5 Å². The van der Waals surface area contributed by atoms with Gasteiger partial charge in [-0.05, 0) is 37.8 Å². The van der Waals surface area contributed by atoms with E-state index in [9.17, 15) is 9.59 Å². The van der Waals surface area contributed by atoms with Gasteiger partial charge in [0.15, 0.2) is 0 Å². The molecule has 22 heavy (non-hydrogen) atoms. The molecule has 1 aromatic rings. The summed E-state index contributed by atoms with van der Waals surface area (Å²) < 4.78 is 5.10. The first kappa shape index (κ1) is 15.4. The number of carbonyl (C=O) groups excluding carboxylic acids is 2. The number of piperidine rings is 1. The van der Waals surface area contributed by atoms with E-state index < -0.39 is 0 Å². The fraction of sp³-hybridized carbons (Fsp3) is 0.529. The quantitative estimate of drug-likeness (QED) is 0.803. The highest BCUT2D eigenvalue weighted by molar-refractivity contribution is 8.01. The average molecular weight is 319 g/mol. The van der Waals surface area contributed by atoms with E-state index >= 15 is 0 Å². The van der Waals surface area contributed by atoms with Crippen LogP contribution in [0.5, 0.6) is 0 Å². The van der Waals surface area contributed by atoms with Gasteiger partial charge >= 0.3 is 5.97 Å². The Bertz CT molecular complexity index is 550. The number of hydrogen-bond acceptors (Lipinski definition) is 4. The monoisotopic (exact) mass is 319 g/mol. The summed E-state index contributed by atoms with van der Waals surface area (Å²) in [5, 5.41) is -0.0432. The van der Waals surface area contributed by atoms with Gasteiger partial charge in [-0.2, -0.15) is 0 Å². The molecule has 0 aromatic heterocycles. The summed E-state index contributed by atoms with van der Waals surface area (Å²) in [6.07, 6.45) is 2.49. The number of likely N-dealkylation sites (tertiary alicyclic amines) is 1. The number of thioether (sulfide) groups is 1. The molecule has 0 spiro atoms. The van der Waals surface area contributed by atoms with Crippen LogP contribution in [0.1, 0.15) is 25.3 Å². The molecule has 0 aliphatic carbocycles. The molecule has 0 saturated carbocycles. The van der Waals surface area contributed by atoms with Gasteiger partial charge in [-0.25, -0.2) is 0 Å². The zero-order chi connectivity index (χ0) is 15.5. The second kappa shape index (κ2) is 6.73. The van der Waals surface area contributed by atoms with Gasteiger partial charge in [-0.3, -0.25) is 9.59 Å². The summed E-state index contributed by atoms with van der Waals surface area (Å²) in [6.45, 7) is 3.47. The van der Waals surface area contributed by atoms with Gasteiger partial charge in [0.1, 0.15) is 0 Å². The lowest BCUT2D eigenvalue weighted by molar-refractivity contribution is -0.151. The van der Waals surface area contributed by atoms with E-state index in [1.54, 1.807) is 11.8 Å². The highest BCUT2D eigenvalue weighted by Gasteiger charge is 2.35.